The Morgan fingerprint density at radius 1 is 0.614 bits per heavy atom. The molecule has 6 aromatic carbocycles. The van der Waals surface area contributed by atoms with Crippen LogP contribution in [0.3, 0.4) is 0 Å². The fourth-order valence-electron chi connectivity index (χ4n) is 10.1. The van der Waals surface area contributed by atoms with Gasteiger partial charge in [0.15, 0.2) is 5.65 Å². The lowest BCUT2D eigenvalue weighted by Gasteiger charge is -2.24. The number of rotatable bonds is 4. The van der Waals surface area contributed by atoms with Crippen LogP contribution in [0, 0.1) is 0 Å². The molecule has 1 unspecified atom stereocenters. The molecule has 0 saturated carbocycles. The Kier molecular flexibility index (Phi) is 6.66. The van der Waals surface area contributed by atoms with Crippen LogP contribution in [-0.2, 0) is 5.41 Å². The molecular formula is C52H39N5. The fourth-order valence-corrected chi connectivity index (χ4v) is 10.1. The van der Waals surface area contributed by atoms with Crippen LogP contribution in [0.1, 0.15) is 55.5 Å². The second-order valence-electron chi connectivity index (χ2n) is 16.3. The van der Waals surface area contributed by atoms with E-state index in [1.165, 1.54) is 71.9 Å². The number of hydrogen-bond donors (Lipinski definition) is 0. The highest BCUT2D eigenvalue weighted by Gasteiger charge is 2.36. The van der Waals surface area contributed by atoms with Crippen molar-refractivity contribution < 1.29 is 0 Å². The van der Waals surface area contributed by atoms with Gasteiger partial charge in [0.2, 0.25) is 0 Å². The zero-order chi connectivity index (χ0) is 38.0. The van der Waals surface area contributed by atoms with Crippen molar-refractivity contribution in [2.45, 2.75) is 38.5 Å². The molecule has 57 heavy (non-hydrogen) atoms. The van der Waals surface area contributed by atoms with Gasteiger partial charge in [-0.15, -0.1) is 0 Å². The highest BCUT2D eigenvalue weighted by atomic mass is 15.0. The summed E-state index contributed by atoms with van der Waals surface area (Å²) in [5, 5.41) is 3.84. The second-order valence-corrected chi connectivity index (χ2v) is 16.3. The van der Waals surface area contributed by atoms with Gasteiger partial charge in [-0.05, 0) is 77.2 Å². The van der Waals surface area contributed by atoms with Crippen molar-refractivity contribution in [2.75, 3.05) is 0 Å². The van der Waals surface area contributed by atoms with Gasteiger partial charge in [-0.1, -0.05) is 118 Å². The van der Waals surface area contributed by atoms with Gasteiger partial charge in [0, 0.05) is 73.6 Å². The van der Waals surface area contributed by atoms with E-state index in [1.54, 1.807) is 0 Å². The Bertz CT molecular complexity index is 3260. The zero-order valence-electron chi connectivity index (χ0n) is 32.1. The standard InChI is InChI=1S/C52H39N5/c1-32-11-10-15-42-41-14-6-9-18-47(41)57(50(32)42)36-24-26-38-37-25-21-34(29-43(37)52(2,3)44(38)30-36)48-31-54-51-49(53-27-28-55(48)51)33-19-22-35(23-20-33)56-45-16-7-4-12-39(45)40-13-5-8-17-46(40)56/h4-10,12-32H,11H2,1-3H3. The van der Waals surface area contributed by atoms with Gasteiger partial charge in [0.05, 0.1) is 28.4 Å². The van der Waals surface area contributed by atoms with Crippen molar-refractivity contribution in [3.63, 3.8) is 0 Å². The van der Waals surface area contributed by atoms with Crippen LogP contribution in [0.5, 0.6) is 0 Å². The van der Waals surface area contributed by atoms with Gasteiger partial charge in [0.1, 0.15) is 5.69 Å². The number of hydrogen-bond acceptors (Lipinski definition) is 2. The van der Waals surface area contributed by atoms with E-state index in [0.717, 1.165) is 40.3 Å². The van der Waals surface area contributed by atoms with Gasteiger partial charge in [-0.2, -0.15) is 0 Å². The summed E-state index contributed by atoms with van der Waals surface area (Å²) in [7, 11) is 0. The third-order valence-corrected chi connectivity index (χ3v) is 12.8. The van der Waals surface area contributed by atoms with Crippen LogP contribution in [0.4, 0.5) is 0 Å². The number of para-hydroxylation sites is 3. The van der Waals surface area contributed by atoms with Gasteiger partial charge < -0.3 is 9.13 Å². The minimum Gasteiger partial charge on any atom is -0.313 e. The fraction of sp³-hybridized carbons (Fsp3) is 0.115. The molecular weight excluding hydrogens is 695 g/mol. The number of nitrogens with zero attached hydrogens (tertiary/aromatic N) is 5. The smallest absolute Gasteiger partial charge is 0.163 e. The van der Waals surface area contributed by atoms with Crippen molar-refractivity contribution in [1.29, 1.82) is 0 Å². The van der Waals surface area contributed by atoms with Crippen LogP contribution in [-0.4, -0.2) is 23.5 Å². The molecule has 1 atom stereocenters. The number of benzene rings is 6. The summed E-state index contributed by atoms with van der Waals surface area (Å²) >= 11 is 0. The van der Waals surface area contributed by atoms with Crippen molar-refractivity contribution in [1.82, 2.24) is 23.5 Å². The summed E-state index contributed by atoms with van der Waals surface area (Å²) in [5.74, 6) is 0.449. The summed E-state index contributed by atoms with van der Waals surface area (Å²) in [6, 6.07) is 48.9. The van der Waals surface area contributed by atoms with Crippen LogP contribution in [0.25, 0.3) is 89.4 Å². The molecule has 5 nitrogen and oxygen atoms in total. The molecule has 0 bridgehead atoms. The molecule has 0 spiro atoms. The highest BCUT2D eigenvalue weighted by molar-refractivity contribution is 6.09. The Balaban J connectivity index is 0.912. The first-order valence-electron chi connectivity index (χ1n) is 20.0. The molecule has 4 aromatic heterocycles. The number of fused-ring (bicyclic) bond motifs is 10. The maximum Gasteiger partial charge on any atom is 0.163 e. The van der Waals surface area contributed by atoms with E-state index < -0.39 is 0 Å². The van der Waals surface area contributed by atoms with E-state index >= 15 is 0 Å². The summed E-state index contributed by atoms with van der Waals surface area (Å²) in [4.78, 5) is 9.86. The number of aromatic nitrogens is 5. The average molecular weight is 734 g/mol. The van der Waals surface area contributed by atoms with Crippen LogP contribution >= 0.6 is 0 Å². The quantitative estimate of drug-likeness (QED) is 0.181. The zero-order valence-corrected chi connectivity index (χ0v) is 32.1. The summed E-state index contributed by atoms with van der Waals surface area (Å²) in [5.41, 5.74) is 18.9. The Morgan fingerprint density at radius 2 is 1.23 bits per heavy atom. The molecule has 0 saturated heterocycles. The lowest BCUT2D eigenvalue weighted by Crippen LogP contribution is -2.16. The minimum atomic E-state index is -0.184. The Morgan fingerprint density at radius 3 is 1.96 bits per heavy atom. The SMILES string of the molecule is CC1CC=Cc2c1n(-c1ccc3c(c1)C(C)(C)c1cc(-c4cnc5c(-c6ccc(-n7c8ccccc8c8ccccc87)cc6)nccn45)ccc1-3)c1ccccc21. The van der Waals surface area contributed by atoms with E-state index in [0.29, 0.717) is 5.92 Å². The molecule has 5 heteroatoms. The predicted molar refractivity (Wildman–Crippen MR) is 235 cm³/mol. The third kappa shape index (κ3) is 4.51. The van der Waals surface area contributed by atoms with E-state index in [9.17, 15) is 0 Å². The van der Waals surface area contributed by atoms with Crippen molar-refractivity contribution in [3.05, 3.63) is 181 Å². The van der Waals surface area contributed by atoms with Gasteiger partial charge >= 0.3 is 0 Å². The summed E-state index contributed by atoms with van der Waals surface area (Å²) in [6.07, 6.45) is 11.6. The molecule has 2 aliphatic rings. The first kappa shape index (κ1) is 32.3. The highest BCUT2D eigenvalue weighted by Crippen LogP contribution is 2.51. The van der Waals surface area contributed by atoms with Gasteiger partial charge in [-0.3, -0.25) is 9.38 Å². The number of allylic oxidation sites excluding steroid dienone is 1. The molecule has 0 radical (unpaired) electrons. The van der Waals surface area contributed by atoms with Gasteiger partial charge in [0.25, 0.3) is 0 Å². The normalized spacial score (nSPS) is 15.5. The first-order valence-corrected chi connectivity index (χ1v) is 20.0. The van der Waals surface area contributed by atoms with E-state index in [1.807, 2.05) is 18.6 Å². The average Bonchev–Trinajstić information content (AvgIpc) is 3.99. The minimum absolute atomic E-state index is 0.184. The Labute approximate surface area is 330 Å². The molecule has 4 heterocycles. The topological polar surface area (TPSA) is 40.0 Å². The van der Waals surface area contributed by atoms with Gasteiger partial charge in [-0.25, -0.2) is 4.98 Å². The predicted octanol–water partition coefficient (Wildman–Crippen LogP) is 12.9. The second kappa shape index (κ2) is 11.8. The maximum atomic E-state index is 4.99. The molecule has 10 aromatic rings. The monoisotopic (exact) mass is 733 g/mol. The molecule has 0 fully saturated rings. The lowest BCUT2D eigenvalue weighted by atomic mass is 9.81. The first-order chi connectivity index (χ1) is 28.0. The van der Waals surface area contributed by atoms with E-state index in [2.05, 4.69) is 180 Å². The van der Waals surface area contributed by atoms with Crippen molar-refractivity contribution in [2.24, 2.45) is 0 Å². The summed E-state index contributed by atoms with van der Waals surface area (Å²) < 4.78 is 7.05. The molecule has 2 aliphatic carbocycles. The van der Waals surface area contributed by atoms with Crippen molar-refractivity contribution in [3.8, 4) is 45.0 Å². The molecule has 272 valence electrons. The molecule has 0 amide bonds. The Hall–Kier alpha value is -6.98. The van der Waals surface area contributed by atoms with Crippen LogP contribution in [0.2, 0.25) is 0 Å². The maximum absolute atomic E-state index is 4.99. The lowest BCUT2D eigenvalue weighted by molar-refractivity contribution is 0.659. The molecule has 12 rings (SSSR count). The third-order valence-electron chi connectivity index (χ3n) is 12.8. The molecule has 0 N–H and O–H groups in total. The van der Waals surface area contributed by atoms with Crippen molar-refractivity contribution >= 4 is 44.4 Å². The van der Waals surface area contributed by atoms with Crippen LogP contribution in [0.15, 0.2) is 158 Å². The summed E-state index contributed by atoms with van der Waals surface area (Å²) in [6.45, 7) is 7.11. The largest absolute Gasteiger partial charge is 0.313 e. The van der Waals surface area contributed by atoms with E-state index in [4.69, 9.17) is 9.97 Å². The van der Waals surface area contributed by atoms with Crippen LogP contribution < -0.4 is 0 Å². The number of imidazole rings is 1. The van der Waals surface area contributed by atoms with E-state index in [-0.39, 0.29) is 5.41 Å². The molecule has 0 aliphatic heterocycles.